The zero-order valence-corrected chi connectivity index (χ0v) is 14.9. The molecule has 0 fully saturated rings. The minimum absolute atomic E-state index is 0.0643. The Morgan fingerprint density at radius 2 is 1.79 bits per heavy atom. The predicted molar refractivity (Wildman–Crippen MR) is 103 cm³/mol. The number of carbonyl (C=O) groups is 1. The number of ether oxygens (including phenoxy) is 1. The predicted octanol–water partition coefficient (Wildman–Crippen LogP) is 4.54. The molecule has 142 valence electrons. The van der Waals surface area contributed by atoms with Gasteiger partial charge in [0.15, 0.2) is 0 Å². The van der Waals surface area contributed by atoms with E-state index in [0.29, 0.717) is 17.7 Å². The average molecular weight is 380 g/mol. The van der Waals surface area contributed by atoms with Crippen molar-refractivity contribution < 1.29 is 18.3 Å². The van der Waals surface area contributed by atoms with Crippen molar-refractivity contribution in [2.75, 3.05) is 0 Å². The van der Waals surface area contributed by atoms with Gasteiger partial charge in [-0.05, 0) is 41.0 Å². The molecule has 1 N–H and O–H groups in total. The van der Waals surface area contributed by atoms with Crippen LogP contribution in [-0.2, 0) is 11.3 Å². The van der Waals surface area contributed by atoms with E-state index in [1.54, 1.807) is 36.7 Å². The van der Waals surface area contributed by atoms with Crippen molar-refractivity contribution >= 4 is 17.6 Å². The molecule has 0 aliphatic carbocycles. The van der Waals surface area contributed by atoms with Gasteiger partial charge in [-0.1, -0.05) is 48.5 Å². The molecule has 0 unspecified atom stereocenters. The SMILES string of the molecule is O=C(NCc1cccnc1)/C(=C/c1ccc(OC(F)F)cc1)c1ccccc1. The smallest absolute Gasteiger partial charge is 0.387 e. The van der Waals surface area contributed by atoms with Crippen molar-refractivity contribution in [3.8, 4) is 5.75 Å². The topological polar surface area (TPSA) is 51.2 Å². The van der Waals surface area contributed by atoms with E-state index in [1.165, 1.54) is 12.1 Å². The molecule has 0 aliphatic rings. The maximum atomic E-state index is 12.8. The fourth-order valence-electron chi connectivity index (χ4n) is 2.59. The Morgan fingerprint density at radius 1 is 1.04 bits per heavy atom. The van der Waals surface area contributed by atoms with Gasteiger partial charge in [0.05, 0.1) is 0 Å². The van der Waals surface area contributed by atoms with E-state index in [2.05, 4.69) is 15.0 Å². The third kappa shape index (κ3) is 5.48. The first-order valence-corrected chi connectivity index (χ1v) is 8.61. The fourth-order valence-corrected chi connectivity index (χ4v) is 2.59. The van der Waals surface area contributed by atoms with Crippen LogP contribution >= 0.6 is 0 Å². The van der Waals surface area contributed by atoms with Gasteiger partial charge in [0.2, 0.25) is 0 Å². The molecule has 28 heavy (non-hydrogen) atoms. The summed E-state index contributed by atoms with van der Waals surface area (Å²) in [5, 5.41) is 2.88. The highest BCUT2D eigenvalue weighted by Crippen LogP contribution is 2.21. The number of pyridine rings is 1. The second-order valence-corrected chi connectivity index (χ2v) is 5.92. The summed E-state index contributed by atoms with van der Waals surface area (Å²) >= 11 is 0. The number of rotatable bonds is 7. The standard InChI is InChI=1S/C22H18F2N2O2/c23-22(24)28-19-10-8-16(9-11-19)13-20(18-6-2-1-3-7-18)21(27)26-15-17-5-4-12-25-14-17/h1-14,22H,15H2,(H,26,27)/b20-13+. The van der Waals surface area contributed by atoms with Crippen LogP contribution in [-0.4, -0.2) is 17.5 Å². The molecule has 1 amide bonds. The monoisotopic (exact) mass is 380 g/mol. The zero-order valence-electron chi connectivity index (χ0n) is 14.9. The summed E-state index contributed by atoms with van der Waals surface area (Å²) in [6, 6.07) is 19.0. The van der Waals surface area contributed by atoms with Crippen molar-refractivity contribution in [1.29, 1.82) is 0 Å². The van der Waals surface area contributed by atoms with Crippen LogP contribution in [0.1, 0.15) is 16.7 Å². The van der Waals surface area contributed by atoms with Crippen molar-refractivity contribution in [3.63, 3.8) is 0 Å². The number of carbonyl (C=O) groups excluding carboxylic acids is 1. The van der Waals surface area contributed by atoms with Gasteiger partial charge in [0.25, 0.3) is 5.91 Å². The van der Waals surface area contributed by atoms with Crippen LogP contribution in [0, 0.1) is 0 Å². The summed E-state index contributed by atoms with van der Waals surface area (Å²) < 4.78 is 28.9. The number of halogens is 2. The molecule has 0 aliphatic heterocycles. The van der Waals surface area contributed by atoms with E-state index in [9.17, 15) is 13.6 Å². The van der Waals surface area contributed by atoms with E-state index in [1.807, 2.05) is 36.4 Å². The van der Waals surface area contributed by atoms with Crippen molar-refractivity contribution in [1.82, 2.24) is 10.3 Å². The van der Waals surface area contributed by atoms with Crippen molar-refractivity contribution in [2.24, 2.45) is 0 Å². The van der Waals surface area contributed by atoms with Crippen LogP contribution in [0.25, 0.3) is 11.6 Å². The highest BCUT2D eigenvalue weighted by molar-refractivity contribution is 6.24. The van der Waals surface area contributed by atoms with E-state index in [0.717, 1.165) is 11.1 Å². The Morgan fingerprint density at radius 3 is 2.43 bits per heavy atom. The minimum Gasteiger partial charge on any atom is -0.435 e. The maximum Gasteiger partial charge on any atom is 0.387 e. The Kier molecular flexibility index (Phi) is 6.46. The Hall–Kier alpha value is -3.54. The van der Waals surface area contributed by atoms with Gasteiger partial charge in [-0.3, -0.25) is 9.78 Å². The van der Waals surface area contributed by atoms with Crippen LogP contribution in [0.4, 0.5) is 8.78 Å². The molecule has 0 spiro atoms. The summed E-state index contributed by atoms with van der Waals surface area (Å²) in [5.41, 5.74) is 2.79. The van der Waals surface area contributed by atoms with Gasteiger partial charge in [-0.2, -0.15) is 8.78 Å². The Bertz CT molecular complexity index is 928. The lowest BCUT2D eigenvalue weighted by Gasteiger charge is -2.10. The van der Waals surface area contributed by atoms with Crippen LogP contribution in [0.5, 0.6) is 5.75 Å². The number of amides is 1. The summed E-state index contributed by atoms with van der Waals surface area (Å²) in [4.78, 5) is 16.8. The molecule has 0 atom stereocenters. The van der Waals surface area contributed by atoms with Crippen LogP contribution in [0.3, 0.4) is 0 Å². The maximum absolute atomic E-state index is 12.8. The van der Waals surface area contributed by atoms with E-state index >= 15 is 0 Å². The second kappa shape index (κ2) is 9.41. The molecule has 6 heteroatoms. The lowest BCUT2D eigenvalue weighted by atomic mass is 10.0. The lowest BCUT2D eigenvalue weighted by Crippen LogP contribution is -2.23. The molecule has 3 aromatic rings. The molecule has 0 saturated carbocycles. The molecule has 0 saturated heterocycles. The number of alkyl halides is 2. The van der Waals surface area contributed by atoms with Gasteiger partial charge in [0, 0.05) is 24.5 Å². The van der Waals surface area contributed by atoms with E-state index in [-0.39, 0.29) is 11.7 Å². The van der Waals surface area contributed by atoms with Gasteiger partial charge >= 0.3 is 6.61 Å². The van der Waals surface area contributed by atoms with Crippen molar-refractivity contribution in [2.45, 2.75) is 13.2 Å². The third-order valence-corrected chi connectivity index (χ3v) is 3.92. The van der Waals surface area contributed by atoms with Crippen LogP contribution < -0.4 is 10.1 Å². The van der Waals surface area contributed by atoms with Gasteiger partial charge < -0.3 is 10.1 Å². The summed E-state index contributed by atoms with van der Waals surface area (Å²) in [6.45, 7) is -2.53. The first-order chi connectivity index (χ1) is 13.6. The fraction of sp³-hybridized carbons (Fsp3) is 0.0909. The van der Waals surface area contributed by atoms with Gasteiger partial charge in [-0.15, -0.1) is 0 Å². The molecule has 3 rings (SSSR count). The molecule has 0 bridgehead atoms. The molecule has 4 nitrogen and oxygen atoms in total. The molecule has 0 radical (unpaired) electrons. The summed E-state index contributed by atoms with van der Waals surface area (Å²) in [5.74, 6) is -0.183. The minimum atomic E-state index is -2.88. The largest absolute Gasteiger partial charge is 0.435 e. The molecular formula is C22H18F2N2O2. The van der Waals surface area contributed by atoms with Gasteiger partial charge in [0.1, 0.15) is 5.75 Å². The third-order valence-electron chi connectivity index (χ3n) is 3.92. The zero-order chi connectivity index (χ0) is 19.8. The Balaban J connectivity index is 1.82. The number of hydrogen-bond donors (Lipinski definition) is 1. The van der Waals surface area contributed by atoms with E-state index < -0.39 is 6.61 Å². The van der Waals surface area contributed by atoms with Gasteiger partial charge in [-0.25, -0.2) is 0 Å². The number of benzene rings is 2. The molecule has 1 aromatic heterocycles. The summed E-state index contributed by atoms with van der Waals surface area (Å²) in [6.07, 6.45) is 5.07. The lowest BCUT2D eigenvalue weighted by molar-refractivity contribution is -0.115. The number of hydrogen-bond acceptors (Lipinski definition) is 3. The Labute approximate surface area is 161 Å². The first kappa shape index (κ1) is 19.2. The number of aromatic nitrogens is 1. The quantitative estimate of drug-likeness (QED) is 0.484. The normalized spacial score (nSPS) is 11.3. The first-order valence-electron chi connectivity index (χ1n) is 8.61. The molecular weight excluding hydrogens is 362 g/mol. The van der Waals surface area contributed by atoms with Crippen molar-refractivity contribution in [3.05, 3.63) is 95.8 Å². The van der Waals surface area contributed by atoms with E-state index in [4.69, 9.17) is 0 Å². The number of nitrogens with one attached hydrogen (secondary N) is 1. The molecule has 2 aromatic carbocycles. The average Bonchev–Trinajstić information content (AvgIpc) is 2.72. The highest BCUT2D eigenvalue weighted by atomic mass is 19.3. The molecule has 1 heterocycles. The van der Waals surface area contributed by atoms with Crippen LogP contribution in [0.15, 0.2) is 79.1 Å². The van der Waals surface area contributed by atoms with Crippen LogP contribution in [0.2, 0.25) is 0 Å². The number of nitrogens with zero attached hydrogens (tertiary/aromatic N) is 1. The second-order valence-electron chi connectivity index (χ2n) is 5.92. The summed E-state index contributed by atoms with van der Waals surface area (Å²) in [7, 11) is 0. The highest BCUT2D eigenvalue weighted by Gasteiger charge is 2.12.